The lowest BCUT2D eigenvalue weighted by Gasteiger charge is -2.37. The van der Waals surface area contributed by atoms with Gasteiger partial charge in [0.1, 0.15) is 23.5 Å². The van der Waals surface area contributed by atoms with Crippen molar-refractivity contribution >= 4 is 47.6 Å². The highest BCUT2D eigenvalue weighted by molar-refractivity contribution is 7.81. The van der Waals surface area contributed by atoms with Gasteiger partial charge in [0.25, 0.3) is 0 Å². The number of aromatic amines is 2. The van der Waals surface area contributed by atoms with Gasteiger partial charge in [-0.2, -0.15) is 17.6 Å². The Bertz CT molecular complexity index is 1170. The number of carboxylic acids is 1. The van der Waals surface area contributed by atoms with Gasteiger partial charge < -0.3 is 34.7 Å². The molecule has 1 unspecified atom stereocenters. The number of ether oxygens (including phenoxy) is 3. The summed E-state index contributed by atoms with van der Waals surface area (Å²) in [6.07, 6.45) is -1.82. The number of carbonyl (C=O) groups is 3. The second kappa shape index (κ2) is 12.4. The highest BCUT2D eigenvalue weighted by Gasteiger charge is 2.35. The molecule has 3 rings (SSSR count). The van der Waals surface area contributed by atoms with Crippen LogP contribution in [0.2, 0.25) is 0 Å². The average molecular weight is 543 g/mol. The van der Waals surface area contributed by atoms with Crippen molar-refractivity contribution in [3.8, 4) is 0 Å². The summed E-state index contributed by atoms with van der Waals surface area (Å²) in [4.78, 5) is 60.6. The van der Waals surface area contributed by atoms with Crippen molar-refractivity contribution in [1.82, 2.24) is 25.3 Å². The molecule has 0 radical (unpaired) electrons. The van der Waals surface area contributed by atoms with E-state index >= 15 is 0 Å². The SMILES string of the molecule is CC1O[C@H](O[C@H](C)CCC(=O)O[C@H](C)[C@H](NC(=O)Nc2[nH]c(=O)nc3[nH]cnc23)C(=O)O)[C@H](O)C[C@@H]1S. The lowest BCUT2D eigenvalue weighted by Crippen LogP contribution is -2.50. The maximum atomic E-state index is 12.4. The first kappa shape index (κ1) is 28.4. The number of aliphatic hydroxyl groups excluding tert-OH is 1. The van der Waals surface area contributed by atoms with Crippen LogP contribution in [0.3, 0.4) is 0 Å². The van der Waals surface area contributed by atoms with Gasteiger partial charge >= 0.3 is 23.7 Å². The van der Waals surface area contributed by atoms with Crippen molar-refractivity contribution in [1.29, 1.82) is 0 Å². The first-order valence-electron chi connectivity index (χ1n) is 11.5. The molecule has 16 heteroatoms. The fraction of sp³-hybridized carbons (Fsp3) is 0.619. The van der Waals surface area contributed by atoms with Crippen molar-refractivity contribution in [2.75, 3.05) is 5.32 Å². The van der Waals surface area contributed by atoms with Crippen LogP contribution in [0.15, 0.2) is 11.1 Å². The summed E-state index contributed by atoms with van der Waals surface area (Å²) in [5, 5.41) is 24.1. The van der Waals surface area contributed by atoms with E-state index in [4.69, 9.17) is 14.2 Å². The largest absolute Gasteiger partial charge is 0.480 e. The standard InChI is InChI=1S/C21H30N6O9S/c1-8(34-19-11(28)6-12(37)9(2)36-19)4-5-13(29)35-10(3)14(18(30)31)24-20(32)26-17-15-16(23-7-22-15)25-21(33)27-17/h7-12,14,19,28,37H,4-6H2,1-3H3,(H,30,31)(H4,22,23,24,25,26,27,32,33)/t8-,9?,10-,11-,12+,14+,19+/m1/s1. The molecular formula is C21H30N6O9S. The number of anilines is 1. The molecule has 0 bridgehead atoms. The number of aliphatic hydroxyl groups is 1. The zero-order chi connectivity index (χ0) is 27.3. The third-order valence-electron chi connectivity index (χ3n) is 5.69. The Balaban J connectivity index is 1.49. The van der Waals surface area contributed by atoms with Crippen molar-refractivity contribution in [3.05, 3.63) is 16.8 Å². The predicted octanol–water partition coefficient (Wildman–Crippen LogP) is 0.132. The van der Waals surface area contributed by atoms with Crippen LogP contribution in [0, 0.1) is 0 Å². The zero-order valence-electron chi connectivity index (χ0n) is 20.3. The number of nitrogens with zero attached hydrogens (tertiary/aromatic N) is 2. The van der Waals surface area contributed by atoms with Gasteiger partial charge in [-0.15, -0.1) is 0 Å². The normalized spacial score (nSPS) is 24.1. The van der Waals surface area contributed by atoms with Gasteiger partial charge in [-0.3, -0.25) is 15.1 Å². The Labute approximate surface area is 216 Å². The molecule has 6 N–H and O–H groups in total. The lowest BCUT2D eigenvalue weighted by molar-refractivity contribution is -0.250. The van der Waals surface area contributed by atoms with Crippen molar-refractivity contribution in [2.45, 2.75) is 82.0 Å². The minimum atomic E-state index is -1.60. The van der Waals surface area contributed by atoms with Gasteiger partial charge in [0.2, 0.25) is 0 Å². The van der Waals surface area contributed by atoms with Gasteiger partial charge in [0.05, 0.1) is 18.5 Å². The van der Waals surface area contributed by atoms with Crippen LogP contribution in [0.5, 0.6) is 0 Å². The lowest BCUT2D eigenvalue weighted by atomic mass is 10.1. The van der Waals surface area contributed by atoms with Crippen molar-refractivity contribution in [3.63, 3.8) is 0 Å². The number of H-pyrrole nitrogens is 2. The predicted molar refractivity (Wildman–Crippen MR) is 131 cm³/mol. The van der Waals surface area contributed by atoms with Crippen molar-refractivity contribution in [2.24, 2.45) is 0 Å². The molecule has 1 aliphatic rings. The summed E-state index contributed by atoms with van der Waals surface area (Å²) in [6, 6.07) is -2.57. The molecule has 0 aliphatic carbocycles. The van der Waals surface area contributed by atoms with E-state index < -0.39 is 54.3 Å². The summed E-state index contributed by atoms with van der Waals surface area (Å²) in [5.74, 6) is -2.25. The molecule has 1 fully saturated rings. The summed E-state index contributed by atoms with van der Waals surface area (Å²) in [7, 11) is 0. The number of carboxylic acid groups (broad SMARTS) is 1. The van der Waals surface area contributed by atoms with Gasteiger partial charge in [-0.25, -0.2) is 19.4 Å². The van der Waals surface area contributed by atoms with E-state index in [1.807, 2.05) is 6.92 Å². The minimum Gasteiger partial charge on any atom is -0.480 e. The fourth-order valence-corrected chi connectivity index (χ4v) is 3.92. The third-order valence-corrected chi connectivity index (χ3v) is 6.32. The molecule has 3 heterocycles. The summed E-state index contributed by atoms with van der Waals surface area (Å²) in [6.45, 7) is 4.85. The number of rotatable bonds is 10. The topological polar surface area (TPSA) is 218 Å². The van der Waals surface area contributed by atoms with E-state index in [2.05, 4.69) is 43.2 Å². The van der Waals surface area contributed by atoms with E-state index in [0.717, 1.165) is 0 Å². The molecule has 0 spiro atoms. The highest BCUT2D eigenvalue weighted by atomic mass is 32.1. The number of esters is 1. The van der Waals surface area contributed by atoms with Crippen LogP contribution in [-0.4, -0.2) is 90.1 Å². The number of amides is 2. The van der Waals surface area contributed by atoms with Gasteiger partial charge in [-0.05, 0) is 33.6 Å². The molecule has 15 nitrogen and oxygen atoms in total. The molecule has 2 amide bonds. The first-order chi connectivity index (χ1) is 17.4. The molecule has 7 atom stereocenters. The summed E-state index contributed by atoms with van der Waals surface area (Å²) < 4.78 is 16.5. The smallest absolute Gasteiger partial charge is 0.348 e. The monoisotopic (exact) mass is 542 g/mol. The Morgan fingerprint density at radius 2 is 2.08 bits per heavy atom. The Kier molecular flexibility index (Phi) is 9.47. The number of aromatic nitrogens is 4. The minimum absolute atomic E-state index is 0.0946. The molecular weight excluding hydrogens is 512 g/mol. The van der Waals surface area contributed by atoms with E-state index in [1.54, 1.807) is 6.92 Å². The molecule has 37 heavy (non-hydrogen) atoms. The summed E-state index contributed by atoms with van der Waals surface area (Å²) in [5.41, 5.74) is -0.477. The average Bonchev–Trinajstić information content (AvgIpc) is 3.28. The molecule has 2 aromatic rings. The van der Waals surface area contributed by atoms with Crippen LogP contribution >= 0.6 is 12.6 Å². The number of imidazole rings is 1. The molecule has 0 saturated carbocycles. The Morgan fingerprint density at radius 3 is 2.78 bits per heavy atom. The number of nitrogens with one attached hydrogen (secondary N) is 4. The maximum absolute atomic E-state index is 12.4. The number of thiol groups is 1. The van der Waals surface area contributed by atoms with Gasteiger partial charge in [-0.1, -0.05) is 0 Å². The van der Waals surface area contributed by atoms with Crippen LogP contribution < -0.4 is 16.3 Å². The number of carbonyl (C=O) groups excluding carboxylic acids is 2. The molecule has 2 aromatic heterocycles. The number of fused-ring (bicyclic) bond motifs is 1. The fourth-order valence-electron chi connectivity index (χ4n) is 3.63. The second-order valence-electron chi connectivity index (χ2n) is 8.69. The number of hydrogen-bond donors (Lipinski definition) is 7. The zero-order valence-corrected chi connectivity index (χ0v) is 21.2. The number of urea groups is 1. The van der Waals surface area contributed by atoms with E-state index in [-0.39, 0.29) is 41.2 Å². The van der Waals surface area contributed by atoms with Crippen LogP contribution in [0.1, 0.15) is 40.0 Å². The quantitative estimate of drug-likeness (QED) is 0.158. The highest BCUT2D eigenvalue weighted by Crippen LogP contribution is 2.26. The Morgan fingerprint density at radius 1 is 1.35 bits per heavy atom. The maximum Gasteiger partial charge on any atom is 0.348 e. The van der Waals surface area contributed by atoms with Gasteiger partial charge in [0.15, 0.2) is 18.0 Å². The Hall–Kier alpha value is -3.21. The molecule has 1 saturated heterocycles. The molecule has 1 aliphatic heterocycles. The van der Waals surface area contributed by atoms with Crippen LogP contribution in [0.25, 0.3) is 11.2 Å². The number of hydrogen-bond acceptors (Lipinski definition) is 11. The van der Waals surface area contributed by atoms with E-state index in [9.17, 15) is 29.4 Å². The second-order valence-corrected chi connectivity index (χ2v) is 9.35. The van der Waals surface area contributed by atoms with Crippen LogP contribution in [-0.2, 0) is 23.8 Å². The van der Waals surface area contributed by atoms with E-state index in [1.165, 1.54) is 13.3 Å². The van der Waals surface area contributed by atoms with E-state index in [0.29, 0.717) is 6.42 Å². The van der Waals surface area contributed by atoms with Crippen molar-refractivity contribution < 1.29 is 38.8 Å². The third kappa shape index (κ3) is 7.64. The van der Waals surface area contributed by atoms with Crippen LogP contribution in [0.4, 0.5) is 10.6 Å². The molecule has 0 aromatic carbocycles. The summed E-state index contributed by atoms with van der Waals surface area (Å²) >= 11 is 4.34. The van der Waals surface area contributed by atoms with Gasteiger partial charge in [0, 0.05) is 11.7 Å². The number of aliphatic carboxylic acids is 1. The first-order valence-corrected chi connectivity index (χ1v) is 12.1. The molecule has 204 valence electrons.